The minimum Gasteiger partial charge on any atom is -0.486 e. The quantitative estimate of drug-likeness (QED) is 0.760. The van der Waals surface area contributed by atoms with Crippen LogP contribution in [0.5, 0.6) is 5.75 Å². The topological polar surface area (TPSA) is 50.8 Å². The predicted molar refractivity (Wildman–Crippen MR) is 93.6 cm³/mol. The van der Waals surface area contributed by atoms with Crippen molar-refractivity contribution in [1.29, 1.82) is 0 Å². The molecule has 1 fully saturated rings. The molecule has 0 unspecified atom stereocenters. The van der Waals surface area contributed by atoms with E-state index in [1.807, 2.05) is 0 Å². The number of nitrogens with zero attached hydrogens (tertiary/aromatic N) is 1. The number of benzene rings is 2. The highest BCUT2D eigenvalue weighted by atomic mass is 19.4. The molecule has 0 bridgehead atoms. The van der Waals surface area contributed by atoms with Gasteiger partial charge >= 0.3 is 12.2 Å². The van der Waals surface area contributed by atoms with Crippen LogP contribution in [0.15, 0.2) is 42.5 Å². The maximum absolute atomic E-state index is 13.7. The smallest absolute Gasteiger partial charge is 0.416 e. The fourth-order valence-corrected chi connectivity index (χ4v) is 2.74. The van der Waals surface area contributed by atoms with Crippen LogP contribution in [0.1, 0.15) is 5.56 Å². The number of alkyl halides is 3. The third-order valence-electron chi connectivity index (χ3n) is 4.18. The molecule has 2 aromatic rings. The van der Waals surface area contributed by atoms with E-state index in [0.29, 0.717) is 6.07 Å². The van der Waals surface area contributed by atoms with Crippen LogP contribution in [0, 0.1) is 11.6 Å². The van der Waals surface area contributed by atoms with Crippen LogP contribution in [-0.2, 0) is 10.9 Å². The summed E-state index contributed by atoms with van der Waals surface area (Å²) in [7, 11) is 0. The molecule has 0 radical (unpaired) electrons. The van der Waals surface area contributed by atoms with Crippen LogP contribution in [0.2, 0.25) is 0 Å². The van der Waals surface area contributed by atoms with Crippen LogP contribution >= 0.6 is 0 Å². The molecule has 156 valence electrons. The molecule has 1 aliphatic heterocycles. The minimum atomic E-state index is -4.45. The Balaban J connectivity index is 1.64. The lowest BCUT2D eigenvalue weighted by molar-refractivity contribution is -0.137. The van der Waals surface area contributed by atoms with Crippen molar-refractivity contribution in [2.24, 2.45) is 0 Å². The third kappa shape index (κ3) is 5.57. The molecule has 1 saturated heterocycles. The molecule has 3 rings (SSSR count). The second-order valence-electron chi connectivity index (χ2n) is 6.34. The maximum Gasteiger partial charge on any atom is 0.416 e. The normalized spacial score (nSPS) is 17.6. The lowest BCUT2D eigenvalue weighted by atomic mass is 10.2. The summed E-state index contributed by atoms with van der Waals surface area (Å²) in [5, 5.41) is 2.35. The zero-order valence-corrected chi connectivity index (χ0v) is 15.0. The van der Waals surface area contributed by atoms with Gasteiger partial charge < -0.3 is 19.7 Å². The first-order chi connectivity index (χ1) is 13.7. The summed E-state index contributed by atoms with van der Waals surface area (Å²) in [5.74, 6) is -1.49. The van der Waals surface area contributed by atoms with Crippen LogP contribution in [0.4, 0.5) is 32.4 Å². The molecule has 0 spiro atoms. The van der Waals surface area contributed by atoms with E-state index < -0.39 is 35.5 Å². The Kier molecular flexibility index (Phi) is 6.21. The molecule has 1 N–H and O–H groups in total. The third-order valence-corrected chi connectivity index (χ3v) is 4.18. The van der Waals surface area contributed by atoms with Crippen molar-refractivity contribution in [1.82, 2.24) is 4.90 Å². The van der Waals surface area contributed by atoms with Crippen molar-refractivity contribution in [3.8, 4) is 5.75 Å². The molecule has 2 amide bonds. The van der Waals surface area contributed by atoms with E-state index in [9.17, 15) is 26.7 Å². The molecule has 5 nitrogen and oxygen atoms in total. The molecule has 1 atom stereocenters. The number of anilines is 1. The molecule has 1 aliphatic rings. The molecule has 0 aromatic heterocycles. The maximum atomic E-state index is 13.7. The molecular formula is C19H17F5N2O3. The fourth-order valence-electron chi connectivity index (χ4n) is 2.74. The first-order valence-electron chi connectivity index (χ1n) is 8.65. The molecule has 2 aromatic carbocycles. The van der Waals surface area contributed by atoms with Crippen molar-refractivity contribution < 1.29 is 36.2 Å². The standard InChI is InChI=1S/C19H17F5N2O3/c20-13-3-6-17(16(21)9-13)25-18(27)26-7-8-28-11-15(10-26)29-14-4-1-12(2-5-14)19(22,23)24/h1-6,9,15H,7-8,10-11H2,(H,25,27)/t15-/m1/s1. The Bertz CT molecular complexity index is 858. The van der Waals surface area contributed by atoms with E-state index in [2.05, 4.69) is 5.32 Å². The van der Waals surface area contributed by atoms with Crippen molar-refractivity contribution in [3.63, 3.8) is 0 Å². The lowest BCUT2D eigenvalue weighted by Crippen LogP contribution is -2.42. The van der Waals surface area contributed by atoms with E-state index >= 15 is 0 Å². The molecule has 0 saturated carbocycles. The number of halogens is 5. The number of nitrogens with one attached hydrogen (secondary N) is 1. The summed E-state index contributed by atoms with van der Waals surface area (Å²) < 4.78 is 75.7. The highest BCUT2D eigenvalue weighted by Gasteiger charge is 2.30. The number of urea groups is 1. The summed E-state index contributed by atoms with van der Waals surface area (Å²) in [4.78, 5) is 13.8. The van der Waals surface area contributed by atoms with Crippen LogP contribution in [-0.4, -0.2) is 43.3 Å². The number of carbonyl (C=O) groups excluding carboxylic acids is 1. The Morgan fingerprint density at radius 1 is 1.14 bits per heavy atom. The van der Waals surface area contributed by atoms with E-state index in [4.69, 9.17) is 9.47 Å². The first kappa shape index (κ1) is 20.8. The molecule has 1 heterocycles. The summed E-state index contributed by atoms with van der Waals surface area (Å²) in [5.41, 5.74) is -0.980. The number of amides is 2. The average Bonchev–Trinajstić information content (AvgIpc) is 2.89. The molecule has 0 aliphatic carbocycles. The van der Waals surface area contributed by atoms with Crippen LogP contribution < -0.4 is 10.1 Å². The summed E-state index contributed by atoms with van der Waals surface area (Å²) in [6.07, 6.45) is -5.09. The zero-order valence-electron chi connectivity index (χ0n) is 15.0. The second kappa shape index (κ2) is 8.64. The molecule has 29 heavy (non-hydrogen) atoms. The van der Waals surface area contributed by atoms with E-state index in [0.717, 1.165) is 24.3 Å². The van der Waals surface area contributed by atoms with Gasteiger partial charge in [0.25, 0.3) is 0 Å². The molecular weight excluding hydrogens is 399 g/mol. The minimum absolute atomic E-state index is 0.0651. The Morgan fingerprint density at radius 2 is 1.86 bits per heavy atom. The highest BCUT2D eigenvalue weighted by Crippen LogP contribution is 2.30. The van der Waals surface area contributed by atoms with Crippen LogP contribution in [0.3, 0.4) is 0 Å². The van der Waals surface area contributed by atoms with Gasteiger partial charge in [0.2, 0.25) is 0 Å². The zero-order chi connectivity index (χ0) is 21.0. The van der Waals surface area contributed by atoms with Crippen LogP contribution in [0.25, 0.3) is 0 Å². The summed E-state index contributed by atoms with van der Waals surface area (Å²) in [6, 6.07) is 6.30. The van der Waals surface area contributed by atoms with E-state index in [1.54, 1.807) is 0 Å². The number of ether oxygens (including phenoxy) is 2. The van der Waals surface area contributed by atoms with Gasteiger partial charge in [-0.1, -0.05) is 0 Å². The number of carbonyl (C=O) groups is 1. The molecule has 10 heteroatoms. The van der Waals surface area contributed by atoms with Gasteiger partial charge in [0.05, 0.1) is 31.0 Å². The van der Waals surface area contributed by atoms with Gasteiger partial charge in [0.1, 0.15) is 23.5 Å². The van der Waals surface area contributed by atoms with Crippen molar-refractivity contribution in [2.75, 3.05) is 31.6 Å². The predicted octanol–water partition coefficient (Wildman–Crippen LogP) is 4.30. The van der Waals surface area contributed by atoms with E-state index in [-0.39, 0.29) is 37.7 Å². The summed E-state index contributed by atoms with van der Waals surface area (Å²) in [6.45, 7) is 0.582. The highest BCUT2D eigenvalue weighted by molar-refractivity contribution is 5.89. The Morgan fingerprint density at radius 3 is 2.52 bits per heavy atom. The monoisotopic (exact) mass is 416 g/mol. The first-order valence-corrected chi connectivity index (χ1v) is 8.65. The SMILES string of the molecule is O=C(Nc1ccc(F)cc1F)N1CCOC[C@H](Oc2ccc(C(F)(F)F)cc2)C1. The average molecular weight is 416 g/mol. The van der Waals surface area contributed by atoms with Gasteiger partial charge in [-0.3, -0.25) is 0 Å². The van der Waals surface area contributed by atoms with Crippen molar-refractivity contribution >= 4 is 11.7 Å². The Labute approximate surface area is 163 Å². The summed E-state index contributed by atoms with van der Waals surface area (Å²) >= 11 is 0. The number of rotatable bonds is 3. The largest absolute Gasteiger partial charge is 0.486 e. The fraction of sp³-hybridized carbons (Fsp3) is 0.316. The van der Waals surface area contributed by atoms with Gasteiger partial charge in [-0.05, 0) is 36.4 Å². The lowest BCUT2D eigenvalue weighted by Gasteiger charge is -2.24. The second-order valence-corrected chi connectivity index (χ2v) is 6.34. The van der Waals surface area contributed by atoms with Gasteiger partial charge in [0, 0.05) is 12.6 Å². The van der Waals surface area contributed by atoms with Gasteiger partial charge in [-0.25, -0.2) is 13.6 Å². The van der Waals surface area contributed by atoms with Crippen molar-refractivity contribution in [2.45, 2.75) is 12.3 Å². The van der Waals surface area contributed by atoms with Gasteiger partial charge in [0.15, 0.2) is 0 Å². The van der Waals surface area contributed by atoms with Gasteiger partial charge in [-0.15, -0.1) is 0 Å². The number of hydrogen-bond acceptors (Lipinski definition) is 3. The van der Waals surface area contributed by atoms with Crippen molar-refractivity contribution in [3.05, 3.63) is 59.7 Å². The Hall–Kier alpha value is -2.88. The van der Waals surface area contributed by atoms with E-state index in [1.165, 1.54) is 17.0 Å². The number of hydrogen-bond donors (Lipinski definition) is 1. The van der Waals surface area contributed by atoms with Gasteiger partial charge in [-0.2, -0.15) is 13.2 Å².